The number of carbonyl (C=O) groups is 1. The number of nitrogens with one attached hydrogen (secondary N) is 1. The van der Waals surface area contributed by atoms with Crippen LogP contribution in [0.1, 0.15) is 12.5 Å². The van der Waals surface area contributed by atoms with Crippen LogP contribution in [0.25, 0.3) is 0 Å². The number of nitrogen functional groups attached to an aromatic ring is 1. The number of carbonyl (C=O) groups excluding carboxylic acids is 1. The van der Waals surface area contributed by atoms with E-state index in [1.807, 2.05) is 25.1 Å². The topological polar surface area (TPSA) is 58.4 Å². The first kappa shape index (κ1) is 16.3. The maximum atomic E-state index is 12.2. The third-order valence-corrected chi connectivity index (χ3v) is 3.64. The minimum Gasteiger partial charge on any atom is -0.399 e. The Labute approximate surface area is 135 Å². The number of hydrogen-bond acceptors (Lipinski definition) is 3. The first-order valence-corrected chi connectivity index (χ1v) is 7.57. The van der Waals surface area contributed by atoms with E-state index in [1.165, 1.54) is 5.56 Å². The first-order chi connectivity index (χ1) is 10.6. The third kappa shape index (κ3) is 4.76. The number of nitrogens with two attached hydrogens (primary N) is 1. The van der Waals surface area contributed by atoms with Crippen LogP contribution in [-0.4, -0.2) is 23.9 Å². The first-order valence-electron chi connectivity index (χ1n) is 7.19. The van der Waals surface area contributed by atoms with Crippen LogP contribution in [0, 0.1) is 0 Å². The van der Waals surface area contributed by atoms with Crippen LogP contribution >= 0.6 is 11.6 Å². The van der Waals surface area contributed by atoms with Crippen LogP contribution in [0.2, 0.25) is 5.02 Å². The minimum atomic E-state index is -0.0931. The maximum Gasteiger partial charge on any atom is 0.238 e. The average Bonchev–Trinajstić information content (AvgIpc) is 2.50. The molecule has 0 radical (unpaired) electrons. The second kappa shape index (κ2) is 7.82. The Morgan fingerprint density at radius 3 is 2.59 bits per heavy atom. The zero-order valence-corrected chi connectivity index (χ0v) is 13.3. The van der Waals surface area contributed by atoms with E-state index >= 15 is 0 Å². The summed E-state index contributed by atoms with van der Waals surface area (Å²) in [6, 6.07) is 15.1. The lowest BCUT2D eigenvalue weighted by Gasteiger charge is -2.20. The summed E-state index contributed by atoms with van der Waals surface area (Å²) in [5.74, 6) is -0.0931. The number of rotatable bonds is 6. The van der Waals surface area contributed by atoms with E-state index in [9.17, 15) is 4.79 Å². The number of nitrogens with zero attached hydrogens (tertiary/aromatic N) is 1. The molecule has 0 saturated heterocycles. The summed E-state index contributed by atoms with van der Waals surface area (Å²) >= 11 is 6.07. The highest BCUT2D eigenvalue weighted by Crippen LogP contribution is 2.23. The second-order valence-corrected chi connectivity index (χ2v) is 5.48. The minimum absolute atomic E-state index is 0.0931. The van der Waals surface area contributed by atoms with Gasteiger partial charge in [0.25, 0.3) is 0 Å². The molecule has 2 rings (SSSR count). The Hall–Kier alpha value is -2.04. The Bertz CT molecular complexity index is 631. The molecule has 5 heteroatoms. The molecule has 22 heavy (non-hydrogen) atoms. The summed E-state index contributed by atoms with van der Waals surface area (Å²) < 4.78 is 0. The van der Waals surface area contributed by atoms with Crippen molar-refractivity contribution < 1.29 is 4.79 Å². The Kier molecular flexibility index (Phi) is 5.81. The molecule has 0 bridgehead atoms. The summed E-state index contributed by atoms with van der Waals surface area (Å²) in [4.78, 5) is 14.2. The zero-order chi connectivity index (χ0) is 15.9. The standard InChI is InChI=1S/C17H20ClN3O/c1-2-21(11-13-6-4-3-5-7-13)12-17(22)20-16-9-8-14(19)10-15(16)18/h3-10H,2,11-12,19H2,1H3,(H,20,22). The summed E-state index contributed by atoms with van der Waals surface area (Å²) in [7, 11) is 0. The normalized spacial score (nSPS) is 10.7. The van der Waals surface area contributed by atoms with Crippen molar-refractivity contribution in [1.82, 2.24) is 4.90 Å². The van der Waals surface area contributed by atoms with Crippen LogP contribution in [0.3, 0.4) is 0 Å². The molecule has 4 nitrogen and oxygen atoms in total. The van der Waals surface area contributed by atoms with Gasteiger partial charge >= 0.3 is 0 Å². The second-order valence-electron chi connectivity index (χ2n) is 5.08. The fraction of sp³-hybridized carbons (Fsp3) is 0.235. The monoisotopic (exact) mass is 317 g/mol. The van der Waals surface area contributed by atoms with Gasteiger partial charge in [0.2, 0.25) is 5.91 Å². The molecular formula is C17H20ClN3O. The maximum absolute atomic E-state index is 12.2. The van der Waals surface area contributed by atoms with E-state index in [4.69, 9.17) is 17.3 Å². The molecule has 0 unspecified atom stereocenters. The van der Waals surface area contributed by atoms with Gasteiger partial charge < -0.3 is 11.1 Å². The van der Waals surface area contributed by atoms with Crippen LogP contribution in [0.4, 0.5) is 11.4 Å². The molecule has 0 aromatic heterocycles. The molecule has 0 aliphatic heterocycles. The highest BCUT2D eigenvalue weighted by molar-refractivity contribution is 6.34. The molecule has 0 aliphatic rings. The van der Waals surface area contributed by atoms with Crippen LogP contribution in [0.15, 0.2) is 48.5 Å². The largest absolute Gasteiger partial charge is 0.399 e. The molecule has 2 aromatic carbocycles. The average molecular weight is 318 g/mol. The molecular weight excluding hydrogens is 298 g/mol. The van der Waals surface area contributed by atoms with Crippen molar-refractivity contribution in [3.05, 3.63) is 59.1 Å². The number of hydrogen-bond donors (Lipinski definition) is 2. The van der Waals surface area contributed by atoms with Gasteiger partial charge in [-0.2, -0.15) is 0 Å². The molecule has 0 spiro atoms. The number of amides is 1. The summed E-state index contributed by atoms with van der Waals surface area (Å²) in [5, 5.41) is 3.26. The van der Waals surface area contributed by atoms with Gasteiger partial charge in [0, 0.05) is 12.2 Å². The van der Waals surface area contributed by atoms with Crippen molar-refractivity contribution >= 4 is 28.9 Å². The van der Waals surface area contributed by atoms with E-state index in [2.05, 4.69) is 22.3 Å². The third-order valence-electron chi connectivity index (χ3n) is 3.33. The van der Waals surface area contributed by atoms with E-state index in [0.717, 1.165) is 13.1 Å². The number of halogens is 1. The van der Waals surface area contributed by atoms with Crippen molar-refractivity contribution in [2.75, 3.05) is 24.1 Å². The van der Waals surface area contributed by atoms with Crippen molar-refractivity contribution in [3.63, 3.8) is 0 Å². The summed E-state index contributed by atoms with van der Waals surface area (Å²) in [6.45, 7) is 3.87. The lowest BCUT2D eigenvalue weighted by molar-refractivity contribution is -0.117. The highest BCUT2D eigenvalue weighted by atomic mass is 35.5. The Morgan fingerprint density at radius 1 is 1.23 bits per heavy atom. The van der Waals surface area contributed by atoms with Crippen molar-refractivity contribution in [3.8, 4) is 0 Å². The molecule has 0 aliphatic carbocycles. The summed E-state index contributed by atoms with van der Waals surface area (Å²) in [5.41, 5.74) is 7.98. The van der Waals surface area contributed by atoms with E-state index in [1.54, 1.807) is 18.2 Å². The van der Waals surface area contributed by atoms with Gasteiger partial charge in [0.1, 0.15) is 0 Å². The van der Waals surface area contributed by atoms with Gasteiger partial charge in [-0.05, 0) is 30.3 Å². The quantitative estimate of drug-likeness (QED) is 0.803. The lowest BCUT2D eigenvalue weighted by Crippen LogP contribution is -2.32. The van der Waals surface area contributed by atoms with Gasteiger partial charge in [-0.3, -0.25) is 9.69 Å². The van der Waals surface area contributed by atoms with Gasteiger partial charge in [0.15, 0.2) is 0 Å². The molecule has 3 N–H and O–H groups in total. The van der Waals surface area contributed by atoms with Gasteiger partial charge in [0.05, 0.1) is 17.3 Å². The van der Waals surface area contributed by atoms with Crippen LogP contribution < -0.4 is 11.1 Å². The molecule has 0 fully saturated rings. The van der Waals surface area contributed by atoms with Crippen molar-refractivity contribution in [1.29, 1.82) is 0 Å². The van der Waals surface area contributed by atoms with Crippen molar-refractivity contribution in [2.45, 2.75) is 13.5 Å². The number of likely N-dealkylation sites (N-methyl/N-ethyl adjacent to an activating group) is 1. The predicted molar refractivity (Wildman–Crippen MR) is 91.9 cm³/mol. The fourth-order valence-corrected chi connectivity index (χ4v) is 2.38. The van der Waals surface area contributed by atoms with Crippen LogP contribution in [0.5, 0.6) is 0 Å². The molecule has 0 saturated carbocycles. The van der Waals surface area contributed by atoms with Gasteiger partial charge in [-0.25, -0.2) is 0 Å². The molecule has 1 amide bonds. The molecule has 0 heterocycles. The molecule has 116 valence electrons. The zero-order valence-electron chi connectivity index (χ0n) is 12.6. The SMILES string of the molecule is CCN(CC(=O)Nc1ccc(N)cc1Cl)Cc1ccccc1. The predicted octanol–water partition coefficient (Wildman–Crippen LogP) is 3.38. The van der Waals surface area contributed by atoms with Crippen LogP contribution in [-0.2, 0) is 11.3 Å². The molecule has 2 aromatic rings. The highest BCUT2D eigenvalue weighted by Gasteiger charge is 2.11. The smallest absolute Gasteiger partial charge is 0.238 e. The Morgan fingerprint density at radius 2 is 1.95 bits per heavy atom. The van der Waals surface area contributed by atoms with E-state index in [-0.39, 0.29) is 5.91 Å². The van der Waals surface area contributed by atoms with E-state index in [0.29, 0.717) is 22.9 Å². The summed E-state index contributed by atoms with van der Waals surface area (Å²) in [6.07, 6.45) is 0. The number of benzene rings is 2. The van der Waals surface area contributed by atoms with Crippen molar-refractivity contribution in [2.24, 2.45) is 0 Å². The Balaban J connectivity index is 1.94. The molecule has 0 atom stereocenters. The fourth-order valence-electron chi connectivity index (χ4n) is 2.15. The lowest BCUT2D eigenvalue weighted by atomic mass is 10.2. The van der Waals surface area contributed by atoms with Gasteiger partial charge in [-0.1, -0.05) is 48.9 Å². The van der Waals surface area contributed by atoms with E-state index < -0.39 is 0 Å². The van der Waals surface area contributed by atoms with Gasteiger partial charge in [-0.15, -0.1) is 0 Å². The number of anilines is 2.